The highest BCUT2D eigenvalue weighted by Gasteiger charge is 2.44. The molecule has 2 atom stereocenters. The number of rotatable bonds is 9. The molecule has 5 rings (SSSR count). The van der Waals surface area contributed by atoms with Crippen molar-refractivity contribution in [2.24, 2.45) is 5.92 Å². The van der Waals surface area contributed by atoms with E-state index >= 15 is 0 Å². The number of hydrogen-bond donors (Lipinski definition) is 1. The molecule has 225 valence electrons. The van der Waals surface area contributed by atoms with Gasteiger partial charge in [0.05, 0.1) is 17.5 Å². The van der Waals surface area contributed by atoms with Gasteiger partial charge in [-0.15, -0.1) is 0 Å². The fourth-order valence-electron chi connectivity index (χ4n) is 5.42. The van der Waals surface area contributed by atoms with Crippen LogP contribution >= 0.6 is 0 Å². The van der Waals surface area contributed by atoms with Crippen LogP contribution in [0.1, 0.15) is 59.1 Å². The summed E-state index contributed by atoms with van der Waals surface area (Å²) in [4.78, 5) is 22.7. The van der Waals surface area contributed by atoms with E-state index in [9.17, 15) is 10.1 Å². The molecule has 0 saturated carbocycles. The monoisotopic (exact) mass is 598 g/mol. The third kappa shape index (κ3) is 5.93. The molecule has 43 heavy (non-hydrogen) atoms. The maximum Gasteiger partial charge on any atom is 0.329 e. The molecule has 10 nitrogen and oxygen atoms in total. The number of nitrogens with zero attached hydrogens (tertiary/aromatic N) is 6. The molecule has 0 saturated heterocycles. The Morgan fingerprint density at radius 1 is 1.35 bits per heavy atom. The molecule has 2 aliphatic heterocycles. The first-order chi connectivity index (χ1) is 20.3. The Labute approximate surface area is 256 Å². The van der Waals surface area contributed by atoms with Crippen LogP contribution in [-0.2, 0) is 21.2 Å². The summed E-state index contributed by atoms with van der Waals surface area (Å²) in [5.41, 5.74) is 3.92. The maximum atomic E-state index is 11.6. The predicted molar refractivity (Wildman–Crippen MR) is 172 cm³/mol. The SMILES string of the molecule is CC(C)C1CCn2ncc(Nc3nccc(-c4cc(C#N)c5c(c4)[C@@](C)(CO[Si](C)(C)C(C)(C)C)CN5[B]C=O)n3)c2O1. The van der Waals surface area contributed by atoms with Gasteiger partial charge >= 0.3 is 7.41 Å². The van der Waals surface area contributed by atoms with Crippen LogP contribution in [0.25, 0.3) is 11.3 Å². The average molecular weight is 599 g/mol. The van der Waals surface area contributed by atoms with Gasteiger partial charge in [-0.25, -0.2) is 14.6 Å². The van der Waals surface area contributed by atoms with Crippen molar-refractivity contribution >= 4 is 39.2 Å². The number of fused-ring (bicyclic) bond motifs is 2. The summed E-state index contributed by atoms with van der Waals surface area (Å²) in [6, 6.07) is 8.10. The Hall–Kier alpha value is -3.69. The molecule has 0 bridgehead atoms. The summed E-state index contributed by atoms with van der Waals surface area (Å²) < 4.78 is 14.8. The lowest BCUT2D eigenvalue weighted by Gasteiger charge is -2.39. The Balaban J connectivity index is 1.49. The second kappa shape index (κ2) is 11.4. The highest BCUT2D eigenvalue weighted by molar-refractivity contribution is 6.74. The summed E-state index contributed by atoms with van der Waals surface area (Å²) in [7, 11) is -0.548. The second-order valence-corrected chi connectivity index (χ2v) is 18.5. The van der Waals surface area contributed by atoms with Crippen LogP contribution in [0.5, 0.6) is 5.88 Å². The maximum absolute atomic E-state index is 11.6. The van der Waals surface area contributed by atoms with E-state index in [2.05, 4.69) is 82.2 Å². The second-order valence-electron chi connectivity index (χ2n) is 13.7. The molecule has 0 spiro atoms. The first-order valence-corrected chi connectivity index (χ1v) is 17.8. The van der Waals surface area contributed by atoms with Gasteiger partial charge in [0.15, 0.2) is 8.32 Å². The molecular formula is C31H41BN7O3Si. The van der Waals surface area contributed by atoms with Crippen molar-refractivity contribution in [3.63, 3.8) is 0 Å². The number of hydrogen-bond acceptors (Lipinski definition) is 9. The molecule has 1 radical (unpaired) electrons. The van der Waals surface area contributed by atoms with E-state index in [1.54, 1.807) is 12.4 Å². The summed E-state index contributed by atoms with van der Waals surface area (Å²) in [5.74, 6) is 1.48. The van der Waals surface area contributed by atoms with Crippen LogP contribution in [0.2, 0.25) is 18.1 Å². The van der Waals surface area contributed by atoms with Crippen molar-refractivity contribution in [2.45, 2.75) is 84.2 Å². The number of nitriles is 1. The minimum absolute atomic E-state index is 0.0547. The van der Waals surface area contributed by atoms with Crippen LogP contribution in [0.4, 0.5) is 17.3 Å². The van der Waals surface area contributed by atoms with Gasteiger partial charge in [-0.3, -0.25) is 0 Å². The van der Waals surface area contributed by atoms with E-state index < -0.39 is 13.7 Å². The number of carbonyl (C=O) groups is 1. The normalized spacial score (nSPS) is 19.8. The Morgan fingerprint density at radius 3 is 2.79 bits per heavy atom. The summed E-state index contributed by atoms with van der Waals surface area (Å²) in [6.07, 6.45) is 5.25. The third-order valence-corrected chi connectivity index (χ3v) is 13.6. The molecule has 4 heterocycles. The largest absolute Gasteiger partial charge is 0.473 e. The number of nitrogens with one attached hydrogen (secondary N) is 1. The summed E-state index contributed by atoms with van der Waals surface area (Å²) in [5, 5.41) is 18.0. The third-order valence-electron chi connectivity index (χ3n) is 9.11. The van der Waals surface area contributed by atoms with Gasteiger partial charge in [0.1, 0.15) is 24.0 Å². The number of anilines is 3. The first kappa shape index (κ1) is 30.8. The Kier molecular flexibility index (Phi) is 8.18. The number of carbonyl (C=O) groups excluding carboxylic acids is 1. The lowest BCUT2D eigenvalue weighted by molar-refractivity contribution is 0.0948. The quantitative estimate of drug-likeness (QED) is 0.245. The van der Waals surface area contributed by atoms with Crippen LogP contribution in [0, 0.1) is 17.2 Å². The van der Waals surface area contributed by atoms with Crippen molar-refractivity contribution in [3.8, 4) is 23.2 Å². The number of aromatic nitrogens is 4. The van der Waals surface area contributed by atoms with Gasteiger partial charge in [-0.05, 0) is 47.8 Å². The average Bonchev–Trinajstić information content (AvgIpc) is 3.49. The topological polar surface area (TPSA) is 118 Å². The molecular weight excluding hydrogens is 557 g/mol. The smallest absolute Gasteiger partial charge is 0.329 e. The van der Waals surface area contributed by atoms with Gasteiger partial charge < -0.3 is 24.1 Å². The molecule has 2 aromatic heterocycles. The minimum atomic E-state index is -2.05. The van der Waals surface area contributed by atoms with Crippen molar-refractivity contribution in [3.05, 3.63) is 41.7 Å². The van der Waals surface area contributed by atoms with Crippen LogP contribution < -0.4 is 14.9 Å². The van der Waals surface area contributed by atoms with E-state index in [0.717, 1.165) is 36.0 Å². The van der Waals surface area contributed by atoms with E-state index in [4.69, 9.17) is 14.1 Å². The van der Waals surface area contributed by atoms with Gasteiger partial charge in [-0.1, -0.05) is 41.5 Å². The fourth-order valence-corrected chi connectivity index (χ4v) is 6.53. The number of ether oxygens (including phenoxy) is 1. The Bertz CT molecular complexity index is 1560. The van der Waals surface area contributed by atoms with Crippen molar-refractivity contribution in [1.82, 2.24) is 19.7 Å². The van der Waals surface area contributed by atoms with Crippen molar-refractivity contribution in [1.29, 1.82) is 5.26 Å². The van der Waals surface area contributed by atoms with E-state index in [-0.39, 0.29) is 11.1 Å². The lowest BCUT2D eigenvalue weighted by Crippen LogP contribution is -2.46. The molecule has 12 heteroatoms. The molecule has 1 aromatic carbocycles. The molecule has 0 fully saturated rings. The van der Waals surface area contributed by atoms with E-state index in [1.165, 1.54) is 7.41 Å². The van der Waals surface area contributed by atoms with Crippen LogP contribution in [0.3, 0.4) is 0 Å². The van der Waals surface area contributed by atoms with Gasteiger partial charge in [-0.2, -0.15) is 10.4 Å². The first-order valence-electron chi connectivity index (χ1n) is 14.9. The highest BCUT2D eigenvalue weighted by Crippen LogP contribution is 2.46. The highest BCUT2D eigenvalue weighted by atomic mass is 28.4. The standard InChI is InChI=1S/C31H41BN7O3Si/c1-20(2)26-10-12-39-28(42-26)25(16-35-39)37-29-34-11-9-24(36-29)21-13-22(15-33)27-23(14-21)31(6,17-38(27)32-19-40)18-41-43(7,8)30(3,4)5/h9,11,13-14,16,19-20,26H,10,12,17-18H2,1-8H3,(H,34,36,37)/t26?,31-/m1/s1. The zero-order valence-corrected chi connectivity index (χ0v) is 27.4. The minimum Gasteiger partial charge on any atom is -0.473 e. The molecule has 1 unspecified atom stereocenters. The Morgan fingerprint density at radius 2 is 2.12 bits per heavy atom. The van der Waals surface area contributed by atoms with Gasteiger partial charge in [0.2, 0.25) is 11.8 Å². The zero-order chi connectivity index (χ0) is 31.2. The van der Waals surface area contributed by atoms with E-state index in [1.807, 2.05) is 21.6 Å². The molecule has 0 aliphatic carbocycles. The fraction of sp³-hybridized carbons (Fsp3) is 0.516. The number of benzene rings is 1. The summed E-state index contributed by atoms with van der Waals surface area (Å²) >= 11 is 0. The van der Waals surface area contributed by atoms with Crippen LogP contribution in [-0.4, -0.2) is 60.9 Å². The molecule has 0 amide bonds. The summed E-state index contributed by atoms with van der Waals surface area (Å²) in [6.45, 7) is 19.4. The molecule has 1 N–H and O–H groups in total. The predicted octanol–water partition coefficient (Wildman–Crippen LogP) is 5.67. The zero-order valence-electron chi connectivity index (χ0n) is 26.4. The van der Waals surface area contributed by atoms with Crippen LogP contribution in [0.15, 0.2) is 30.6 Å². The van der Waals surface area contributed by atoms with Crippen molar-refractivity contribution < 1.29 is 14.0 Å². The van der Waals surface area contributed by atoms with Gasteiger partial charge in [0.25, 0.3) is 0 Å². The van der Waals surface area contributed by atoms with E-state index in [0.29, 0.717) is 47.8 Å². The van der Waals surface area contributed by atoms with Crippen molar-refractivity contribution in [2.75, 3.05) is 23.3 Å². The molecule has 3 aromatic rings. The van der Waals surface area contributed by atoms with Gasteiger partial charge in [0, 0.05) is 49.0 Å². The lowest BCUT2D eigenvalue weighted by atomic mass is 9.83. The number of aryl methyl sites for hydroxylation is 1. The molecule has 2 aliphatic rings.